The largest absolute Gasteiger partial charge is 0.343 e. The van der Waals surface area contributed by atoms with E-state index in [2.05, 4.69) is 10.3 Å². The van der Waals surface area contributed by atoms with Gasteiger partial charge in [0.2, 0.25) is 0 Å². The van der Waals surface area contributed by atoms with Crippen LogP contribution in [0.1, 0.15) is 41.4 Å². The molecule has 0 aliphatic carbocycles. The van der Waals surface area contributed by atoms with Crippen molar-refractivity contribution in [1.82, 2.24) is 10.3 Å². The quantitative estimate of drug-likeness (QED) is 0.778. The minimum absolute atomic E-state index is 0. The molecule has 2 aromatic rings. The fraction of sp³-hybridized carbons (Fsp3) is 0.211. The summed E-state index contributed by atoms with van der Waals surface area (Å²) in [5.74, 6) is -0.239. The molecule has 0 aliphatic heterocycles. The van der Waals surface area contributed by atoms with Crippen molar-refractivity contribution in [2.75, 3.05) is 0 Å². The van der Waals surface area contributed by atoms with Crippen LogP contribution in [0.4, 0.5) is 0 Å². The number of rotatable bonds is 7. The lowest BCUT2D eigenvalue weighted by molar-refractivity contribution is -0.109. The van der Waals surface area contributed by atoms with Gasteiger partial charge in [0.15, 0.2) is 0 Å². The third kappa shape index (κ3) is 5.63. The highest BCUT2D eigenvalue weighted by atomic mass is 35.5. The van der Waals surface area contributed by atoms with Crippen LogP contribution in [0.15, 0.2) is 48.7 Å². The van der Waals surface area contributed by atoms with E-state index in [1.54, 1.807) is 12.3 Å². The van der Waals surface area contributed by atoms with Crippen molar-refractivity contribution in [1.29, 1.82) is 0 Å². The Balaban J connectivity index is 0.00000288. The fourth-order valence-electron chi connectivity index (χ4n) is 2.23. The number of benzene rings is 1. The monoisotopic (exact) mass is 344 g/mol. The molecule has 1 amide bonds. The first kappa shape index (κ1) is 19.6. The molecule has 1 aromatic heterocycles. The van der Waals surface area contributed by atoms with Crippen LogP contribution in [-0.4, -0.2) is 23.2 Å². The molecule has 0 bridgehead atoms. The highest BCUT2D eigenvalue weighted by Crippen LogP contribution is 2.13. The van der Waals surface area contributed by atoms with E-state index in [1.807, 2.05) is 55.5 Å². The second-order valence-corrected chi connectivity index (χ2v) is 5.18. The Labute approximate surface area is 148 Å². The van der Waals surface area contributed by atoms with Gasteiger partial charge in [0.1, 0.15) is 6.29 Å². The van der Waals surface area contributed by atoms with Crippen LogP contribution >= 0.6 is 12.4 Å². The average Bonchev–Trinajstić information content (AvgIpc) is 2.60. The summed E-state index contributed by atoms with van der Waals surface area (Å²) < 4.78 is 0. The normalized spacial score (nSPS) is 11.5. The third-order valence-corrected chi connectivity index (χ3v) is 3.41. The molecule has 126 valence electrons. The van der Waals surface area contributed by atoms with Gasteiger partial charge < -0.3 is 10.1 Å². The predicted molar refractivity (Wildman–Crippen MR) is 99.1 cm³/mol. The minimum Gasteiger partial charge on any atom is -0.343 e. The van der Waals surface area contributed by atoms with Crippen LogP contribution in [0, 0.1) is 0 Å². The lowest BCUT2D eigenvalue weighted by atomic mass is 10.0. The van der Waals surface area contributed by atoms with Crippen LogP contribution in [0.5, 0.6) is 0 Å². The number of carbonyl (C=O) groups excluding carboxylic acids is 2. The van der Waals surface area contributed by atoms with Crippen LogP contribution in [-0.2, 0) is 4.79 Å². The average molecular weight is 345 g/mol. The third-order valence-electron chi connectivity index (χ3n) is 3.41. The SMILES string of the molecule is CCCC(C=O)NC(=O)c1ccccc1C=Cc1ccccn1.Cl. The number of carbonyl (C=O) groups is 2. The van der Waals surface area contributed by atoms with E-state index in [9.17, 15) is 9.59 Å². The van der Waals surface area contributed by atoms with Gasteiger partial charge in [-0.05, 0) is 36.3 Å². The van der Waals surface area contributed by atoms with Crippen LogP contribution in [0.3, 0.4) is 0 Å². The second kappa shape index (κ2) is 10.3. The molecule has 0 saturated heterocycles. The van der Waals surface area contributed by atoms with Gasteiger partial charge in [0, 0.05) is 11.8 Å². The highest BCUT2D eigenvalue weighted by Gasteiger charge is 2.14. The molecule has 1 heterocycles. The smallest absolute Gasteiger partial charge is 0.252 e. The molecule has 4 nitrogen and oxygen atoms in total. The van der Waals surface area contributed by atoms with E-state index in [0.717, 1.165) is 24.0 Å². The summed E-state index contributed by atoms with van der Waals surface area (Å²) in [6.45, 7) is 1.98. The zero-order valence-corrected chi connectivity index (χ0v) is 14.3. The zero-order chi connectivity index (χ0) is 16.5. The Hall–Kier alpha value is -2.46. The lowest BCUT2D eigenvalue weighted by Gasteiger charge is -2.13. The van der Waals surface area contributed by atoms with Crippen LogP contribution in [0.2, 0.25) is 0 Å². The maximum Gasteiger partial charge on any atom is 0.252 e. The van der Waals surface area contributed by atoms with Gasteiger partial charge in [0.25, 0.3) is 5.91 Å². The van der Waals surface area contributed by atoms with Crippen molar-refractivity contribution in [2.45, 2.75) is 25.8 Å². The molecule has 5 heteroatoms. The van der Waals surface area contributed by atoms with Gasteiger partial charge in [-0.15, -0.1) is 12.4 Å². The van der Waals surface area contributed by atoms with Crippen molar-refractivity contribution in [3.8, 4) is 0 Å². The molecule has 1 atom stereocenters. The molecule has 24 heavy (non-hydrogen) atoms. The lowest BCUT2D eigenvalue weighted by Crippen LogP contribution is -2.36. The van der Waals surface area contributed by atoms with Gasteiger partial charge in [0.05, 0.1) is 11.7 Å². The van der Waals surface area contributed by atoms with Gasteiger partial charge in [-0.25, -0.2) is 0 Å². The Morgan fingerprint density at radius 2 is 1.92 bits per heavy atom. The van der Waals surface area contributed by atoms with Crippen molar-refractivity contribution in [3.05, 3.63) is 65.5 Å². The first-order valence-corrected chi connectivity index (χ1v) is 7.69. The number of aromatic nitrogens is 1. The Kier molecular flexibility index (Phi) is 8.44. The first-order valence-electron chi connectivity index (χ1n) is 7.69. The predicted octanol–water partition coefficient (Wildman–Crippen LogP) is 3.77. The summed E-state index contributed by atoms with van der Waals surface area (Å²) in [5.41, 5.74) is 2.15. The number of hydrogen-bond donors (Lipinski definition) is 1. The van der Waals surface area contributed by atoms with E-state index in [-0.39, 0.29) is 18.3 Å². The maximum atomic E-state index is 12.4. The molecule has 0 spiro atoms. The standard InChI is InChI=1S/C19H20N2O2.ClH/c1-2-7-17(14-22)21-19(23)18-10-4-3-8-15(18)11-12-16-9-5-6-13-20-16;/h3-6,8-14,17H,2,7H2,1H3,(H,21,23);1H. The number of halogens is 1. The summed E-state index contributed by atoms with van der Waals surface area (Å²) in [7, 11) is 0. The molecule has 1 aromatic carbocycles. The first-order chi connectivity index (χ1) is 11.2. The van der Waals surface area contributed by atoms with Gasteiger partial charge >= 0.3 is 0 Å². The van der Waals surface area contributed by atoms with Crippen LogP contribution in [0.25, 0.3) is 12.2 Å². The van der Waals surface area contributed by atoms with Crippen molar-refractivity contribution in [2.24, 2.45) is 0 Å². The topological polar surface area (TPSA) is 59.1 Å². The number of aldehydes is 1. The molecule has 2 rings (SSSR count). The number of pyridine rings is 1. The van der Waals surface area contributed by atoms with Gasteiger partial charge in [-0.1, -0.05) is 43.7 Å². The van der Waals surface area contributed by atoms with E-state index in [4.69, 9.17) is 0 Å². The minimum atomic E-state index is -0.444. The van der Waals surface area contributed by atoms with Gasteiger partial charge in [-0.3, -0.25) is 9.78 Å². The molecule has 0 radical (unpaired) electrons. The highest BCUT2D eigenvalue weighted by molar-refractivity contribution is 5.99. The molecular formula is C19H21ClN2O2. The zero-order valence-electron chi connectivity index (χ0n) is 13.5. The van der Waals surface area contributed by atoms with Crippen molar-refractivity contribution < 1.29 is 9.59 Å². The Bertz CT molecular complexity index is 687. The molecule has 1 unspecified atom stereocenters. The van der Waals surface area contributed by atoms with E-state index in [1.165, 1.54) is 0 Å². The number of nitrogens with one attached hydrogen (secondary N) is 1. The molecule has 0 fully saturated rings. The van der Waals surface area contributed by atoms with Crippen molar-refractivity contribution in [3.63, 3.8) is 0 Å². The summed E-state index contributed by atoms with van der Waals surface area (Å²) in [5, 5.41) is 2.77. The molecule has 1 N–H and O–H groups in total. The van der Waals surface area contributed by atoms with Gasteiger partial charge in [-0.2, -0.15) is 0 Å². The summed E-state index contributed by atoms with van der Waals surface area (Å²) in [6.07, 6.45) is 7.69. The van der Waals surface area contributed by atoms with E-state index >= 15 is 0 Å². The number of amides is 1. The van der Waals surface area contributed by atoms with Crippen LogP contribution < -0.4 is 5.32 Å². The van der Waals surface area contributed by atoms with E-state index < -0.39 is 6.04 Å². The number of hydrogen-bond acceptors (Lipinski definition) is 3. The fourth-order valence-corrected chi connectivity index (χ4v) is 2.23. The van der Waals surface area contributed by atoms with Crippen molar-refractivity contribution >= 4 is 36.8 Å². The summed E-state index contributed by atoms with van der Waals surface area (Å²) >= 11 is 0. The maximum absolute atomic E-state index is 12.4. The summed E-state index contributed by atoms with van der Waals surface area (Å²) in [4.78, 5) is 27.6. The second-order valence-electron chi connectivity index (χ2n) is 5.18. The molecule has 0 saturated carbocycles. The number of nitrogens with zero attached hydrogens (tertiary/aromatic N) is 1. The molecule has 0 aliphatic rings. The van der Waals surface area contributed by atoms with E-state index in [0.29, 0.717) is 12.0 Å². The summed E-state index contributed by atoms with van der Waals surface area (Å²) in [6, 6.07) is 12.5. The molecular weight excluding hydrogens is 324 g/mol. The Morgan fingerprint density at radius 1 is 1.17 bits per heavy atom. The Morgan fingerprint density at radius 3 is 2.58 bits per heavy atom.